The van der Waals surface area contributed by atoms with Gasteiger partial charge in [-0.15, -0.1) is 0 Å². The van der Waals surface area contributed by atoms with Gasteiger partial charge < -0.3 is 15.5 Å². The number of fused-ring (bicyclic) bond motifs is 1. The van der Waals surface area contributed by atoms with E-state index in [2.05, 4.69) is 27.7 Å². The molecule has 0 amide bonds. The number of hydrazine groups is 1. The fourth-order valence-corrected chi connectivity index (χ4v) is 3.94. The zero-order valence-corrected chi connectivity index (χ0v) is 19.3. The topological polar surface area (TPSA) is 97.3 Å². The molecule has 3 N–H and O–H groups in total. The van der Waals surface area contributed by atoms with Gasteiger partial charge in [0.25, 0.3) is 0 Å². The molecule has 3 rings (SSSR count). The molecule has 0 saturated heterocycles. The minimum Gasteiger partial charge on any atom is -0.463 e. The van der Waals surface area contributed by atoms with Crippen molar-refractivity contribution >= 4 is 23.3 Å². The van der Waals surface area contributed by atoms with Crippen molar-refractivity contribution in [3.63, 3.8) is 0 Å². The van der Waals surface area contributed by atoms with Crippen LogP contribution in [0.4, 0.5) is 11.6 Å². The highest BCUT2D eigenvalue weighted by molar-refractivity contribution is 5.95. The van der Waals surface area contributed by atoms with Crippen LogP contribution < -0.4 is 21.9 Å². The van der Waals surface area contributed by atoms with E-state index < -0.39 is 17.6 Å². The second kappa shape index (κ2) is 10.6. The van der Waals surface area contributed by atoms with E-state index in [1.165, 1.54) is 4.57 Å². The molecular weight excluding hydrogens is 418 g/mol. The summed E-state index contributed by atoms with van der Waals surface area (Å²) >= 11 is 0. The molecule has 0 bridgehead atoms. The predicted molar refractivity (Wildman–Crippen MR) is 132 cm³/mol. The highest BCUT2D eigenvalue weighted by atomic mass is 16.5. The van der Waals surface area contributed by atoms with E-state index in [1.54, 1.807) is 39.1 Å². The number of carbonyl (C=O) groups excluding carboxylic acids is 1. The molecule has 2 heterocycles. The number of rotatable bonds is 8. The summed E-state index contributed by atoms with van der Waals surface area (Å²) in [5, 5.41) is 3.28. The van der Waals surface area contributed by atoms with Crippen molar-refractivity contribution in [2.75, 3.05) is 24.4 Å². The lowest BCUT2D eigenvalue weighted by Crippen LogP contribution is -2.35. The van der Waals surface area contributed by atoms with Crippen LogP contribution in [0.25, 0.3) is 5.70 Å². The van der Waals surface area contributed by atoms with Gasteiger partial charge in [0.2, 0.25) is 0 Å². The molecular formula is C25H29N5O3. The maximum absolute atomic E-state index is 13.2. The van der Waals surface area contributed by atoms with Gasteiger partial charge in [0.05, 0.1) is 23.8 Å². The van der Waals surface area contributed by atoms with Gasteiger partial charge in [0.1, 0.15) is 5.82 Å². The lowest BCUT2D eigenvalue weighted by atomic mass is 9.81. The molecule has 0 spiro atoms. The molecule has 1 atom stereocenters. The number of allylic oxidation sites excluding steroid dienone is 6. The van der Waals surface area contributed by atoms with Crippen molar-refractivity contribution < 1.29 is 9.53 Å². The molecule has 33 heavy (non-hydrogen) atoms. The van der Waals surface area contributed by atoms with Gasteiger partial charge in [-0.05, 0) is 38.5 Å². The first-order valence-corrected chi connectivity index (χ1v) is 10.7. The zero-order valence-electron chi connectivity index (χ0n) is 19.3. The maximum atomic E-state index is 13.2. The van der Waals surface area contributed by atoms with Crippen molar-refractivity contribution in [1.29, 1.82) is 0 Å². The van der Waals surface area contributed by atoms with Gasteiger partial charge in [-0.2, -0.15) is 4.98 Å². The van der Waals surface area contributed by atoms with E-state index in [1.807, 2.05) is 43.3 Å². The van der Waals surface area contributed by atoms with Gasteiger partial charge >= 0.3 is 11.7 Å². The van der Waals surface area contributed by atoms with Gasteiger partial charge in [-0.25, -0.2) is 19.6 Å². The Balaban J connectivity index is 2.44. The van der Waals surface area contributed by atoms with Gasteiger partial charge in [0.15, 0.2) is 5.82 Å². The highest BCUT2D eigenvalue weighted by Crippen LogP contribution is 2.45. The Bertz CT molecular complexity index is 1190. The van der Waals surface area contributed by atoms with Crippen LogP contribution in [0.3, 0.4) is 0 Å². The number of nitrogens with one attached hydrogen (secondary N) is 3. The minimum atomic E-state index is -0.521. The Morgan fingerprint density at radius 3 is 2.67 bits per heavy atom. The predicted octanol–water partition coefficient (Wildman–Crippen LogP) is 3.79. The number of nitrogens with zero attached hydrogens (tertiary/aromatic N) is 2. The third-order valence-electron chi connectivity index (χ3n) is 5.18. The number of anilines is 2. The Kier molecular flexibility index (Phi) is 7.63. The molecule has 8 nitrogen and oxygen atoms in total. The summed E-state index contributed by atoms with van der Waals surface area (Å²) in [5.41, 5.74) is 8.49. The Hall–Kier alpha value is -3.91. The molecule has 1 aliphatic rings. The molecule has 1 aromatic heterocycles. The van der Waals surface area contributed by atoms with Crippen molar-refractivity contribution in [1.82, 2.24) is 15.0 Å². The van der Waals surface area contributed by atoms with Crippen LogP contribution in [0.5, 0.6) is 0 Å². The van der Waals surface area contributed by atoms with E-state index >= 15 is 0 Å². The minimum absolute atomic E-state index is 0.247. The summed E-state index contributed by atoms with van der Waals surface area (Å²) in [4.78, 5) is 30.6. The van der Waals surface area contributed by atoms with Gasteiger partial charge in [-0.1, -0.05) is 49.1 Å². The molecule has 1 unspecified atom stereocenters. The van der Waals surface area contributed by atoms with E-state index in [0.29, 0.717) is 34.2 Å². The van der Waals surface area contributed by atoms with Crippen LogP contribution in [0.2, 0.25) is 0 Å². The molecule has 0 saturated carbocycles. The number of hydrogen-bond acceptors (Lipinski definition) is 7. The molecule has 0 aliphatic carbocycles. The van der Waals surface area contributed by atoms with Crippen molar-refractivity contribution in [3.05, 3.63) is 94.1 Å². The van der Waals surface area contributed by atoms with E-state index in [9.17, 15) is 9.59 Å². The Morgan fingerprint density at radius 2 is 2.06 bits per heavy atom. The first-order chi connectivity index (χ1) is 16.0. The van der Waals surface area contributed by atoms with Gasteiger partial charge in [-0.3, -0.25) is 0 Å². The average Bonchev–Trinajstić information content (AvgIpc) is 2.79. The van der Waals surface area contributed by atoms with Crippen molar-refractivity contribution in [2.24, 2.45) is 0 Å². The average molecular weight is 448 g/mol. The first-order valence-electron chi connectivity index (χ1n) is 10.7. The summed E-state index contributed by atoms with van der Waals surface area (Å²) in [7, 11) is 1.68. The summed E-state index contributed by atoms with van der Waals surface area (Å²) in [6.07, 6.45) is 6.97. The third kappa shape index (κ3) is 4.65. The summed E-state index contributed by atoms with van der Waals surface area (Å²) < 4.78 is 6.88. The van der Waals surface area contributed by atoms with E-state index in [0.717, 1.165) is 5.56 Å². The summed E-state index contributed by atoms with van der Waals surface area (Å²) in [5.74, 6) is -0.112. The van der Waals surface area contributed by atoms with Crippen LogP contribution in [-0.2, 0) is 9.53 Å². The second-order valence-corrected chi connectivity index (χ2v) is 7.27. The molecule has 0 radical (unpaired) electrons. The van der Waals surface area contributed by atoms with Crippen molar-refractivity contribution in [2.45, 2.75) is 26.7 Å². The monoisotopic (exact) mass is 447 g/mol. The first kappa shape index (κ1) is 23.7. The second-order valence-electron chi connectivity index (χ2n) is 7.27. The number of benzene rings is 1. The smallest absolute Gasteiger partial charge is 0.355 e. The Labute approximate surface area is 193 Å². The molecule has 1 aromatic carbocycles. The van der Waals surface area contributed by atoms with Crippen LogP contribution in [-0.4, -0.2) is 29.2 Å². The largest absolute Gasteiger partial charge is 0.463 e. The van der Waals surface area contributed by atoms with Crippen LogP contribution >= 0.6 is 0 Å². The fraction of sp³-hybridized carbons (Fsp3) is 0.240. The van der Waals surface area contributed by atoms with Gasteiger partial charge in [0, 0.05) is 18.3 Å². The zero-order chi connectivity index (χ0) is 24.0. The standard InChI is InChI=1S/C25H29N5O3/c1-6-12-18(13-7-2)30-23-21(22(29-26-5)28-25(30)32)20(17-14-10-9-11-15-17)19(16(4)27-23)24(31)33-8-3/h6-7,9-15,20,26-27H,1,8H2,2-5H3,(H,28,29,32)/b13-7-,18-12+. The van der Waals surface area contributed by atoms with E-state index in [4.69, 9.17) is 4.74 Å². The quantitative estimate of drug-likeness (QED) is 0.322. The fourth-order valence-electron chi connectivity index (χ4n) is 3.94. The SMILES string of the molecule is C=C/C=C(\C=C/C)n1c2c(c(NNC)nc1=O)C(c1ccccc1)C(C(=O)OCC)=C(C)N2. The third-order valence-corrected chi connectivity index (χ3v) is 5.18. The molecule has 1 aliphatic heterocycles. The van der Waals surface area contributed by atoms with Crippen LogP contribution in [0.1, 0.15) is 37.8 Å². The maximum Gasteiger partial charge on any atom is 0.355 e. The summed E-state index contributed by atoms with van der Waals surface area (Å²) in [6, 6.07) is 9.61. The molecule has 2 aromatic rings. The molecule has 172 valence electrons. The van der Waals surface area contributed by atoms with Crippen LogP contribution in [0.15, 0.2) is 77.3 Å². The number of ether oxygens (including phenoxy) is 1. The number of esters is 1. The number of carbonyl (C=O) groups is 1. The normalized spacial score (nSPS) is 15.8. The number of aromatic nitrogens is 2. The highest BCUT2D eigenvalue weighted by Gasteiger charge is 2.37. The molecule has 0 fully saturated rings. The Morgan fingerprint density at radius 1 is 1.33 bits per heavy atom. The summed E-state index contributed by atoms with van der Waals surface area (Å²) in [6.45, 7) is 9.46. The van der Waals surface area contributed by atoms with Crippen LogP contribution in [0, 0.1) is 0 Å². The molecule has 8 heteroatoms. The van der Waals surface area contributed by atoms with Crippen molar-refractivity contribution in [3.8, 4) is 0 Å². The lowest BCUT2D eigenvalue weighted by Gasteiger charge is -2.33. The van der Waals surface area contributed by atoms with E-state index in [-0.39, 0.29) is 6.61 Å². The lowest BCUT2D eigenvalue weighted by molar-refractivity contribution is -0.138. The number of hydrogen-bond donors (Lipinski definition) is 3.